The minimum absolute atomic E-state index is 0.153. The summed E-state index contributed by atoms with van der Waals surface area (Å²) in [5.74, 6) is -0.153. The quantitative estimate of drug-likeness (QED) is 0.752. The number of benzene rings is 1. The van der Waals surface area contributed by atoms with Gasteiger partial charge in [-0.05, 0) is 43.4 Å². The van der Waals surface area contributed by atoms with Gasteiger partial charge >= 0.3 is 0 Å². The summed E-state index contributed by atoms with van der Waals surface area (Å²) in [5.41, 5.74) is 7.15. The summed E-state index contributed by atoms with van der Waals surface area (Å²) in [6.07, 6.45) is 2.60. The maximum absolute atomic E-state index is 12.3. The number of amides is 1. The van der Waals surface area contributed by atoms with Gasteiger partial charge in [0.1, 0.15) is 5.54 Å². The molecule has 4 N–H and O–H groups in total. The predicted molar refractivity (Wildman–Crippen MR) is 77.4 cm³/mol. The van der Waals surface area contributed by atoms with E-state index in [-0.39, 0.29) is 12.5 Å². The van der Waals surface area contributed by atoms with Gasteiger partial charge in [-0.15, -0.1) is 0 Å². The van der Waals surface area contributed by atoms with Crippen molar-refractivity contribution in [1.82, 2.24) is 0 Å². The summed E-state index contributed by atoms with van der Waals surface area (Å²) < 4.78 is 5.25. The highest BCUT2D eigenvalue weighted by atomic mass is 16.5. The Labute approximate surface area is 119 Å². The predicted octanol–water partition coefficient (Wildman–Crippen LogP) is 1.06. The molecule has 1 aromatic carbocycles. The molecule has 1 aliphatic heterocycles. The molecule has 110 valence electrons. The fourth-order valence-electron chi connectivity index (χ4n) is 2.31. The number of nitrogens with one attached hydrogen (secondary N) is 1. The van der Waals surface area contributed by atoms with Gasteiger partial charge in [-0.3, -0.25) is 4.79 Å². The van der Waals surface area contributed by atoms with Crippen molar-refractivity contribution in [1.29, 1.82) is 0 Å². The van der Waals surface area contributed by atoms with Crippen LogP contribution in [0.25, 0.3) is 0 Å². The lowest BCUT2D eigenvalue weighted by atomic mass is 9.90. The lowest BCUT2D eigenvalue weighted by molar-refractivity contribution is -0.124. The highest BCUT2D eigenvalue weighted by Gasteiger charge is 2.35. The summed E-state index contributed by atoms with van der Waals surface area (Å²) >= 11 is 0. The molecule has 0 spiro atoms. The van der Waals surface area contributed by atoms with E-state index in [9.17, 15) is 4.79 Å². The zero-order valence-corrected chi connectivity index (χ0v) is 11.6. The van der Waals surface area contributed by atoms with Crippen LogP contribution in [0.5, 0.6) is 0 Å². The molecule has 0 atom stereocenters. The number of ether oxygens (including phenoxy) is 1. The molecule has 20 heavy (non-hydrogen) atoms. The van der Waals surface area contributed by atoms with E-state index in [1.807, 2.05) is 24.3 Å². The highest BCUT2D eigenvalue weighted by Crippen LogP contribution is 2.21. The molecule has 5 nitrogen and oxygen atoms in total. The Morgan fingerprint density at radius 2 is 2.15 bits per heavy atom. The van der Waals surface area contributed by atoms with Gasteiger partial charge in [0.05, 0.1) is 0 Å². The van der Waals surface area contributed by atoms with Crippen molar-refractivity contribution in [3.8, 4) is 0 Å². The van der Waals surface area contributed by atoms with E-state index < -0.39 is 5.54 Å². The van der Waals surface area contributed by atoms with Crippen LogP contribution in [0.3, 0.4) is 0 Å². The SMILES string of the molecule is NC1(C(=O)Nc2cccc(CCCO)c2)CCOCC1. The van der Waals surface area contributed by atoms with E-state index in [1.54, 1.807) is 0 Å². The zero-order chi connectivity index (χ0) is 14.4. The molecule has 0 radical (unpaired) electrons. The second-order valence-corrected chi connectivity index (χ2v) is 5.25. The average molecular weight is 278 g/mol. The Kier molecular flexibility index (Phi) is 5.11. The van der Waals surface area contributed by atoms with Gasteiger partial charge < -0.3 is 20.9 Å². The number of hydrogen-bond donors (Lipinski definition) is 3. The molecule has 1 amide bonds. The molecule has 1 saturated heterocycles. The summed E-state index contributed by atoms with van der Waals surface area (Å²) in [6.45, 7) is 1.23. The van der Waals surface area contributed by atoms with Crippen molar-refractivity contribution in [3.05, 3.63) is 29.8 Å². The van der Waals surface area contributed by atoms with Crippen molar-refractivity contribution in [2.45, 2.75) is 31.2 Å². The van der Waals surface area contributed by atoms with E-state index in [4.69, 9.17) is 15.6 Å². The van der Waals surface area contributed by atoms with E-state index in [0.717, 1.165) is 24.1 Å². The Morgan fingerprint density at radius 1 is 1.40 bits per heavy atom. The summed E-state index contributed by atoms with van der Waals surface area (Å²) in [7, 11) is 0. The summed E-state index contributed by atoms with van der Waals surface area (Å²) in [5, 5.41) is 11.7. The van der Waals surface area contributed by atoms with E-state index in [2.05, 4.69) is 5.32 Å². The lowest BCUT2D eigenvalue weighted by Gasteiger charge is -2.31. The largest absolute Gasteiger partial charge is 0.396 e. The van der Waals surface area contributed by atoms with Gasteiger partial charge in [0.25, 0.3) is 0 Å². The van der Waals surface area contributed by atoms with Crippen LogP contribution >= 0.6 is 0 Å². The average Bonchev–Trinajstić information content (AvgIpc) is 2.46. The molecule has 1 aromatic rings. The molecule has 0 saturated carbocycles. The van der Waals surface area contributed by atoms with Gasteiger partial charge in [-0.1, -0.05) is 12.1 Å². The van der Waals surface area contributed by atoms with Crippen LogP contribution in [0.1, 0.15) is 24.8 Å². The van der Waals surface area contributed by atoms with Gasteiger partial charge in [-0.25, -0.2) is 0 Å². The minimum Gasteiger partial charge on any atom is -0.396 e. The first kappa shape index (κ1) is 15.0. The number of hydrogen-bond acceptors (Lipinski definition) is 4. The molecular weight excluding hydrogens is 256 g/mol. The smallest absolute Gasteiger partial charge is 0.244 e. The maximum Gasteiger partial charge on any atom is 0.244 e. The minimum atomic E-state index is -0.834. The third kappa shape index (κ3) is 3.79. The Bertz CT molecular complexity index is 456. The first-order valence-corrected chi connectivity index (χ1v) is 7.02. The fraction of sp³-hybridized carbons (Fsp3) is 0.533. The Morgan fingerprint density at radius 3 is 2.85 bits per heavy atom. The van der Waals surface area contributed by atoms with Crippen LogP contribution in [0.2, 0.25) is 0 Å². The van der Waals surface area contributed by atoms with E-state index in [0.29, 0.717) is 26.1 Å². The molecule has 1 fully saturated rings. The van der Waals surface area contributed by atoms with Gasteiger partial charge in [0, 0.05) is 25.5 Å². The zero-order valence-electron chi connectivity index (χ0n) is 11.6. The van der Waals surface area contributed by atoms with Gasteiger partial charge in [0.2, 0.25) is 5.91 Å². The van der Waals surface area contributed by atoms with E-state index >= 15 is 0 Å². The molecule has 1 heterocycles. The van der Waals surface area contributed by atoms with Crippen molar-refractivity contribution in [2.24, 2.45) is 5.73 Å². The first-order chi connectivity index (χ1) is 9.64. The molecule has 0 aliphatic carbocycles. The van der Waals surface area contributed by atoms with Crippen LogP contribution in [0, 0.1) is 0 Å². The first-order valence-electron chi connectivity index (χ1n) is 7.02. The molecular formula is C15H22N2O3. The van der Waals surface area contributed by atoms with Crippen LogP contribution in [-0.2, 0) is 16.0 Å². The van der Waals surface area contributed by atoms with Gasteiger partial charge in [-0.2, -0.15) is 0 Å². The molecule has 0 bridgehead atoms. The Hall–Kier alpha value is -1.43. The number of rotatable bonds is 5. The molecule has 5 heteroatoms. The number of carbonyl (C=O) groups excluding carboxylic acids is 1. The molecule has 0 aromatic heterocycles. The second kappa shape index (κ2) is 6.83. The lowest BCUT2D eigenvalue weighted by Crippen LogP contribution is -2.54. The number of aliphatic hydroxyl groups excluding tert-OH is 1. The Balaban J connectivity index is 2.00. The van der Waals surface area contributed by atoms with Crippen molar-refractivity contribution < 1.29 is 14.6 Å². The number of aryl methyl sites for hydroxylation is 1. The normalized spacial score (nSPS) is 17.7. The van der Waals surface area contributed by atoms with Gasteiger partial charge in [0.15, 0.2) is 0 Å². The number of carbonyl (C=O) groups is 1. The van der Waals surface area contributed by atoms with Crippen molar-refractivity contribution >= 4 is 11.6 Å². The monoisotopic (exact) mass is 278 g/mol. The topological polar surface area (TPSA) is 84.6 Å². The molecule has 1 aliphatic rings. The summed E-state index contributed by atoms with van der Waals surface area (Å²) in [4.78, 5) is 12.3. The maximum atomic E-state index is 12.3. The van der Waals surface area contributed by atoms with Crippen LogP contribution in [0.4, 0.5) is 5.69 Å². The van der Waals surface area contributed by atoms with Crippen LogP contribution < -0.4 is 11.1 Å². The highest BCUT2D eigenvalue weighted by molar-refractivity contribution is 5.98. The third-order valence-electron chi connectivity index (χ3n) is 3.65. The van der Waals surface area contributed by atoms with Crippen LogP contribution in [0.15, 0.2) is 24.3 Å². The number of nitrogens with two attached hydrogens (primary N) is 1. The molecule has 2 rings (SSSR count). The molecule has 0 unspecified atom stereocenters. The van der Waals surface area contributed by atoms with Crippen molar-refractivity contribution in [2.75, 3.05) is 25.1 Å². The third-order valence-corrected chi connectivity index (χ3v) is 3.65. The summed E-state index contributed by atoms with van der Waals surface area (Å²) in [6, 6.07) is 7.66. The fourth-order valence-corrected chi connectivity index (χ4v) is 2.31. The standard InChI is InChI=1S/C15H22N2O3/c16-15(6-9-20-10-7-15)14(19)17-13-5-1-3-12(11-13)4-2-8-18/h1,3,5,11,18H,2,4,6-10,16H2,(H,17,19). The number of aliphatic hydroxyl groups is 1. The second-order valence-electron chi connectivity index (χ2n) is 5.25. The van der Waals surface area contributed by atoms with E-state index in [1.165, 1.54) is 0 Å². The van der Waals surface area contributed by atoms with Crippen molar-refractivity contribution in [3.63, 3.8) is 0 Å². The van der Waals surface area contributed by atoms with Crippen LogP contribution in [-0.4, -0.2) is 36.4 Å². The number of anilines is 1.